The van der Waals surface area contributed by atoms with E-state index in [1.54, 1.807) is 6.07 Å². The van der Waals surface area contributed by atoms with Gasteiger partial charge in [0.15, 0.2) is 0 Å². The minimum Gasteiger partial charge on any atom is -0.342 e. The summed E-state index contributed by atoms with van der Waals surface area (Å²) in [7, 11) is 0. The van der Waals surface area contributed by atoms with E-state index < -0.39 is 0 Å². The molecular formula is C16H14Cl3N3. The van der Waals surface area contributed by atoms with E-state index in [0.717, 1.165) is 35.4 Å². The number of nitrogens with one attached hydrogen (secondary N) is 2. The maximum atomic E-state index is 5.98. The topological polar surface area (TPSA) is 40.7 Å². The van der Waals surface area contributed by atoms with E-state index in [9.17, 15) is 0 Å². The number of benzene rings is 2. The zero-order valence-electron chi connectivity index (χ0n) is 11.7. The zero-order chi connectivity index (χ0) is 15.5. The third-order valence-corrected chi connectivity index (χ3v) is 3.95. The molecule has 6 heteroatoms. The van der Waals surface area contributed by atoms with Gasteiger partial charge in [-0.2, -0.15) is 0 Å². The molecule has 0 radical (unpaired) electrons. The first-order valence-electron chi connectivity index (χ1n) is 6.90. The van der Waals surface area contributed by atoms with Gasteiger partial charge in [0.2, 0.25) is 0 Å². The molecule has 0 unspecified atom stereocenters. The second-order valence-electron chi connectivity index (χ2n) is 5.05. The summed E-state index contributed by atoms with van der Waals surface area (Å²) in [5.74, 6) is 0.939. The summed E-state index contributed by atoms with van der Waals surface area (Å²) >= 11 is 17.9. The fraction of sp³-hybridized carbons (Fsp3) is 0.188. The molecule has 0 saturated carbocycles. The predicted octanol–water partition coefficient (Wildman–Crippen LogP) is 4.86. The third-order valence-electron chi connectivity index (χ3n) is 3.28. The summed E-state index contributed by atoms with van der Waals surface area (Å²) < 4.78 is 0. The molecule has 114 valence electrons. The molecule has 0 fully saturated rings. The predicted molar refractivity (Wildman–Crippen MR) is 93.0 cm³/mol. The van der Waals surface area contributed by atoms with Crippen LogP contribution in [0.2, 0.25) is 15.1 Å². The first-order valence-corrected chi connectivity index (χ1v) is 8.03. The molecule has 22 heavy (non-hydrogen) atoms. The second-order valence-corrected chi connectivity index (χ2v) is 6.36. The molecular weight excluding hydrogens is 341 g/mol. The number of hydrogen-bond donors (Lipinski definition) is 2. The number of H-pyrrole nitrogens is 1. The minimum atomic E-state index is 0.651. The van der Waals surface area contributed by atoms with Crippen LogP contribution in [-0.4, -0.2) is 16.5 Å². The highest BCUT2D eigenvalue weighted by Gasteiger charge is 2.03. The summed E-state index contributed by atoms with van der Waals surface area (Å²) in [6.07, 6.45) is 0.806. The summed E-state index contributed by atoms with van der Waals surface area (Å²) in [5, 5.41) is 5.37. The Morgan fingerprint density at radius 2 is 1.73 bits per heavy atom. The van der Waals surface area contributed by atoms with E-state index in [4.69, 9.17) is 34.8 Å². The van der Waals surface area contributed by atoms with Crippen LogP contribution in [0.25, 0.3) is 11.0 Å². The molecule has 2 N–H and O–H groups in total. The van der Waals surface area contributed by atoms with Gasteiger partial charge in [0.1, 0.15) is 5.82 Å². The fourth-order valence-electron chi connectivity index (χ4n) is 2.31. The Balaban J connectivity index is 1.55. The molecule has 1 aromatic heterocycles. The van der Waals surface area contributed by atoms with Gasteiger partial charge < -0.3 is 10.3 Å². The lowest BCUT2D eigenvalue weighted by Gasteiger charge is -2.05. The fourth-order valence-corrected chi connectivity index (χ4v) is 3.05. The van der Waals surface area contributed by atoms with Crippen LogP contribution in [0.15, 0.2) is 36.4 Å². The van der Waals surface area contributed by atoms with Crippen molar-refractivity contribution in [3.8, 4) is 0 Å². The van der Waals surface area contributed by atoms with Gasteiger partial charge in [0, 0.05) is 34.6 Å². The van der Waals surface area contributed by atoms with Crippen molar-refractivity contribution in [3.05, 3.63) is 62.9 Å². The quantitative estimate of drug-likeness (QED) is 0.643. The summed E-state index contributed by atoms with van der Waals surface area (Å²) in [6.45, 7) is 1.52. The van der Waals surface area contributed by atoms with Crippen molar-refractivity contribution in [2.45, 2.75) is 13.0 Å². The zero-order valence-corrected chi connectivity index (χ0v) is 13.9. The van der Waals surface area contributed by atoms with E-state index >= 15 is 0 Å². The lowest BCUT2D eigenvalue weighted by Crippen LogP contribution is -2.17. The summed E-state index contributed by atoms with van der Waals surface area (Å²) in [5.41, 5.74) is 2.96. The SMILES string of the molecule is Clc1cc(Cl)cc(CNCCc2nc3ccc(Cl)cc3[nH]2)c1. The summed E-state index contributed by atoms with van der Waals surface area (Å²) in [6, 6.07) is 11.2. The molecule has 0 spiro atoms. The molecule has 3 aromatic rings. The lowest BCUT2D eigenvalue weighted by atomic mass is 10.2. The average molecular weight is 355 g/mol. The van der Waals surface area contributed by atoms with Crippen LogP contribution in [-0.2, 0) is 13.0 Å². The van der Waals surface area contributed by atoms with Gasteiger partial charge in [-0.25, -0.2) is 4.98 Å². The Morgan fingerprint density at radius 3 is 2.50 bits per heavy atom. The van der Waals surface area contributed by atoms with Crippen LogP contribution in [0.1, 0.15) is 11.4 Å². The molecule has 0 aliphatic rings. The Kier molecular flexibility index (Phi) is 4.89. The van der Waals surface area contributed by atoms with Gasteiger partial charge in [-0.15, -0.1) is 0 Å². The van der Waals surface area contributed by atoms with Crippen molar-refractivity contribution < 1.29 is 0 Å². The average Bonchev–Trinajstić information content (AvgIpc) is 2.84. The molecule has 0 aliphatic carbocycles. The first-order chi connectivity index (χ1) is 10.6. The highest BCUT2D eigenvalue weighted by Crippen LogP contribution is 2.19. The van der Waals surface area contributed by atoms with Crippen LogP contribution in [0.5, 0.6) is 0 Å². The maximum Gasteiger partial charge on any atom is 0.108 e. The largest absolute Gasteiger partial charge is 0.342 e. The van der Waals surface area contributed by atoms with E-state index in [1.807, 2.05) is 30.3 Å². The van der Waals surface area contributed by atoms with Gasteiger partial charge in [0.05, 0.1) is 11.0 Å². The van der Waals surface area contributed by atoms with Gasteiger partial charge in [-0.1, -0.05) is 34.8 Å². The van der Waals surface area contributed by atoms with Crippen LogP contribution >= 0.6 is 34.8 Å². The van der Waals surface area contributed by atoms with Crippen LogP contribution in [0, 0.1) is 0 Å². The van der Waals surface area contributed by atoms with Crippen LogP contribution < -0.4 is 5.32 Å². The van der Waals surface area contributed by atoms with Crippen molar-refractivity contribution in [1.82, 2.24) is 15.3 Å². The van der Waals surface area contributed by atoms with E-state index in [0.29, 0.717) is 21.6 Å². The van der Waals surface area contributed by atoms with Gasteiger partial charge >= 0.3 is 0 Å². The molecule has 0 saturated heterocycles. The highest BCUT2D eigenvalue weighted by atomic mass is 35.5. The van der Waals surface area contributed by atoms with E-state index in [-0.39, 0.29) is 0 Å². The number of hydrogen-bond acceptors (Lipinski definition) is 2. The van der Waals surface area contributed by atoms with Gasteiger partial charge in [0.25, 0.3) is 0 Å². The number of aromatic amines is 1. The summed E-state index contributed by atoms with van der Waals surface area (Å²) in [4.78, 5) is 7.81. The molecule has 2 aromatic carbocycles. The van der Waals surface area contributed by atoms with Crippen molar-refractivity contribution in [2.75, 3.05) is 6.54 Å². The van der Waals surface area contributed by atoms with E-state index in [1.165, 1.54) is 0 Å². The van der Waals surface area contributed by atoms with Crippen LogP contribution in [0.3, 0.4) is 0 Å². The standard InChI is InChI=1S/C16H14Cl3N3/c17-11-1-2-14-15(8-11)22-16(21-14)3-4-20-9-10-5-12(18)7-13(19)6-10/h1-2,5-8,20H,3-4,9H2,(H,21,22). The number of imidazole rings is 1. The Hall–Kier alpha value is -1.26. The second kappa shape index (κ2) is 6.88. The molecule has 0 aliphatic heterocycles. The molecule has 0 bridgehead atoms. The number of fused-ring (bicyclic) bond motifs is 1. The normalized spacial score (nSPS) is 11.2. The molecule has 3 nitrogen and oxygen atoms in total. The monoisotopic (exact) mass is 353 g/mol. The molecule has 3 rings (SSSR count). The highest BCUT2D eigenvalue weighted by molar-refractivity contribution is 6.34. The van der Waals surface area contributed by atoms with Crippen molar-refractivity contribution >= 4 is 45.8 Å². The number of aromatic nitrogens is 2. The van der Waals surface area contributed by atoms with Gasteiger partial charge in [-0.05, 0) is 42.0 Å². The van der Waals surface area contributed by atoms with E-state index in [2.05, 4.69) is 15.3 Å². The lowest BCUT2D eigenvalue weighted by molar-refractivity contribution is 0.675. The Morgan fingerprint density at radius 1 is 0.955 bits per heavy atom. The molecule has 0 amide bonds. The van der Waals surface area contributed by atoms with Gasteiger partial charge in [-0.3, -0.25) is 0 Å². The molecule has 0 atom stereocenters. The van der Waals surface area contributed by atoms with Crippen molar-refractivity contribution in [1.29, 1.82) is 0 Å². The number of nitrogens with zero attached hydrogens (tertiary/aromatic N) is 1. The van der Waals surface area contributed by atoms with Crippen molar-refractivity contribution in [2.24, 2.45) is 0 Å². The first kappa shape index (κ1) is 15.6. The Labute approximate surface area is 143 Å². The smallest absolute Gasteiger partial charge is 0.108 e. The number of rotatable bonds is 5. The molecule has 1 heterocycles. The number of halogens is 3. The third kappa shape index (κ3) is 3.93. The minimum absolute atomic E-state index is 0.651. The Bertz CT molecular complexity index is 778. The maximum absolute atomic E-state index is 5.98. The van der Waals surface area contributed by atoms with Crippen LogP contribution in [0.4, 0.5) is 0 Å². The van der Waals surface area contributed by atoms with Crippen molar-refractivity contribution in [3.63, 3.8) is 0 Å².